The van der Waals surface area contributed by atoms with Gasteiger partial charge in [0.1, 0.15) is 5.75 Å². The first-order valence-corrected chi connectivity index (χ1v) is 12.1. The third-order valence-corrected chi connectivity index (χ3v) is 6.52. The lowest BCUT2D eigenvalue weighted by molar-refractivity contribution is -0.146. The van der Waals surface area contributed by atoms with Crippen LogP contribution in [0, 0.1) is 6.92 Å². The largest absolute Gasteiger partial charge is 0.496 e. The van der Waals surface area contributed by atoms with Gasteiger partial charge in [-0.05, 0) is 55.9 Å². The van der Waals surface area contributed by atoms with Gasteiger partial charge in [0.15, 0.2) is 0 Å². The van der Waals surface area contributed by atoms with E-state index < -0.39 is 0 Å². The maximum atomic E-state index is 12.5. The first-order valence-electron chi connectivity index (χ1n) is 10.8. The number of methoxy groups -OCH3 is 1. The number of esters is 1. The van der Waals surface area contributed by atoms with Gasteiger partial charge in [0.25, 0.3) is 0 Å². The van der Waals surface area contributed by atoms with Crippen LogP contribution < -0.4 is 4.74 Å². The minimum Gasteiger partial charge on any atom is -0.496 e. The highest BCUT2D eigenvalue weighted by Gasteiger charge is 2.22. The summed E-state index contributed by atoms with van der Waals surface area (Å²) in [6.45, 7) is 6.61. The lowest BCUT2D eigenvalue weighted by atomic mass is 10.0. The van der Waals surface area contributed by atoms with E-state index in [1.54, 1.807) is 18.9 Å². The van der Waals surface area contributed by atoms with Gasteiger partial charge in [-0.1, -0.05) is 42.5 Å². The Kier molecular flexibility index (Phi) is 6.47. The van der Waals surface area contributed by atoms with Crippen LogP contribution in [-0.2, 0) is 22.5 Å². The molecule has 0 spiro atoms. The quantitative estimate of drug-likeness (QED) is 0.244. The van der Waals surface area contributed by atoms with Gasteiger partial charge in [-0.15, -0.1) is 11.8 Å². The molecule has 0 unspecified atom stereocenters. The third kappa shape index (κ3) is 4.09. The van der Waals surface area contributed by atoms with Gasteiger partial charge < -0.3 is 14.0 Å². The zero-order valence-electron chi connectivity index (χ0n) is 19.3. The lowest BCUT2D eigenvalue weighted by Gasteiger charge is -2.15. The Bertz CT molecular complexity index is 1280. The zero-order valence-corrected chi connectivity index (χ0v) is 20.1. The van der Waals surface area contributed by atoms with Crippen molar-refractivity contribution < 1.29 is 14.3 Å². The number of nitrogens with zero attached hydrogens (tertiary/aromatic N) is 1. The second-order valence-corrected chi connectivity index (χ2v) is 9.07. The summed E-state index contributed by atoms with van der Waals surface area (Å²) in [7, 11) is 1.72. The number of benzene rings is 3. The Hall–Kier alpha value is -2.92. The molecule has 4 nitrogen and oxygen atoms in total. The Balaban J connectivity index is 2.03. The van der Waals surface area contributed by atoms with E-state index in [1.807, 2.05) is 32.0 Å². The van der Waals surface area contributed by atoms with Gasteiger partial charge in [-0.3, -0.25) is 4.79 Å². The van der Waals surface area contributed by atoms with Crippen LogP contribution in [0.2, 0.25) is 0 Å². The minimum absolute atomic E-state index is 0.126. The number of aromatic nitrogens is 1. The van der Waals surface area contributed by atoms with E-state index in [1.165, 1.54) is 10.9 Å². The number of fused-ring (bicyclic) bond motifs is 3. The van der Waals surface area contributed by atoms with Crippen LogP contribution in [-0.4, -0.2) is 30.0 Å². The molecule has 5 heteroatoms. The molecule has 0 bridgehead atoms. The SMILES string of the molecule is COc1cccc2c1c1c(C)cc(CC(=O)OC(C)C)c(SC)c1n2Cc1ccccc1. The summed E-state index contributed by atoms with van der Waals surface area (Å²) < 4.78 is 13.6. The number of hydrogen-bond acceptors (Lipinski definition) is 4. The van der Waals surface area contributed by atoms with Crippen LogP contribution in [0.1, 0.15) is 30.5 Å². The molecule has 0 radical (unpaired) electrons. The molecule has 0 atom stereocenters. The lowest BCUT2D eigenvalue weighted by Crippen LogP contribution is -2.14. The molecule has 1 heterocycles. The number of rotatable bonds is 7. The summed E-state index contributed by atoms with van der Waals surface area (Å²) in [5, 5.41) is 2.30. The van der Waals surface area contributed by atoms with E-state index in [-0.39, 0.29) is 18.5 Å². The molecule has 0 aliphatic rings. The van der Waals surface area contributed by atoms with Gasteiger partial charge in [-0.2, -0.15) is 0 Å². The van der Waals surface area contributed by atoms with Crippen LogP contribution in [0.5, 0.6) is 5.75 Å². The fourth-order valence-electron chi connectivity index (χ4n) is 4.46. The van der Waals surface area contributed by atoms with Crippen molar-refractivity contribution in [2.24, 2.45) is 0 Å². The van der Waals surface area contributed by atoms with E-state index in [9.17, 15) is 4.79 Å². The standard InChI is InChI=1S/C27H29NO3S/c1-17(2)31-23(29)15-20-14-18(3)24-25-21(12-9-13-22(25)30-4)28(26(24)27(20)32-5)16-19-10-7-6-8-11-19/h6-14,17H,15-16H2,1-5H3. The number of carbonyl (C=O) groups excluding carboxylic acids is 1. The molecule has 0 saturated carbocycles. The Morgan fingerprint density at radius 3 is 2.47 bits per heavy atom. The number of thioether (sulfide) groups is 1. The fourth-order valence-corrected chi connectivity index (χ4v) is 5.26. The number of ether oxygens (including phenoxy) is 2. The van der Waals surface area contributed by atoms with Gasteiger partial charge in [-0.25, -0.2) is 0 Å². The predicted octanol–water partition coefficient (Wildman–Crippen LogP) is 6.38. The Labute approximate surface area is 193 Å². The van der Waals surface area contributed by atoms with E-state index in [2.05, 4.69) is 54.1 Å². The summed E-state index contributed by atoms with van der Waals surface area (Å²) in [6.07, 6.45) is 2.21. The number of aryl methyl sites for hydroxylation is 1. The summed E-state index contributed by atoms with van der Waals surface area (Å²) in [5.41, 5.74) is 5.64. The first-order chi connectivity index (χ1) is 15.4. The van der Waals surface area contributed by atoms with E-state index in [0.717, 1.165) is 44.7 Å². The normalized spacial score (nSPS) is 11.4. The van der Waals surface area contributed by atoms with Crippen LogP contribution in [0.4, 0.5) is 0 Å². The molecule has 0 saturated heterocycles. The zero-order chi connectivity index (χ0) is 22.8. The van der Waals surface area contributed by atoms with Crippen molar-refractivity contribution in [1.82, 2.24) is 4.57 Å². The molecule has 4 rings (SSSR count). The fraction of sp³-hybridized carbons (Fsp3) is 0.296. The van der Waals surface area contributed by atoms with Gasteiger partial charge in [0.2, 0.25) is 0 Å². The van der Waals surface area contributed by atoms with Gasteiger partial charge >= 0.3 is 5.97 Å². The maximum Gasteiger partial charge on any atom is 0.310 e. The van der Waals surface area contributed by atoms with Crippen molar-refractivity contribution in [1.29, 1.82) is 0 Å². The van der Waals surface area contributed by atoms with Crippen molar-refractivity contribution in [2.45, 2.75) is 44.7 Å². The molecular formula is C27H29NO3S. The molecule has 0 aliphatic heterocycles. The molecule has 32 heavy (non-hydrogen) atoms. The molecule has 1 aromatic heterocycles. The van der Waals surface area contributed by atoms with Crippen molar-refractivity contribution >= 4 is 39.5 Å². The maximum absolute atomic E-state index is 12.5. The molecule has 0 amide bonds. The third-order valence-electron chi connectivity index (χ3n) is 5.65. The van der Waals surface area contributed by atoms with Crippen molar-refractivity contribution in [3.8, 4) is 5.75 Å². The Morgan fingerprint density at radius 2 is 1.81 bits per heavy atom. The Morgan fingerprint density at radius 1 is 1.06 bits per heavy atom. The van der Waals surface area contributed by atoms with Crippen LogP contribution in [0.25, 0.3) is 21.8 Å². The molecular weight excluding hydrogens is 418 g/mol. The topological polar surface area (TPSA) is 40.5 Å². The van der Waals surface area contributed by atoms with E-state index in [4.69, 9.17) is 9.47 Å². The summed E-state index contributed by atoms with van der Waals surface area (Å²) in [5.74, 6) is 0.666. The summed E-state index contributed by atoms with van der Waals surface area (Å²) >= 11 is 1.68. The highest BCUT2D eigenvalue weighted by Crippen LogP contribution is 2.43. The number of hydrogen-bond donors (Lipinski definition) is 0. The van der Waals surface area contributed by atoms with Crippen molar-refractivity contribution in [3.63, 3.8) is 0 Å². The number of carbonyl (C=O) groups is 1. The molecule has 166 valence electrons. The first kappa shape index (κ1) is 22.3. The highest BCUT2D eigenvalue weighted by atomic mass is 32.2. The second kappa shape index (κ2) is 9.29. The molecule has 0 aliphatic carbocycles. The minimum atomic E-state index is -0.197. The monoisotopic (exact) mass is 447 g/mol. The average Bonchev–Trinajstić information content (AvgIpc) is 3.09. The average molecular weight is 448 g/mol. The van der Waals surface area contributed by atoms with Gasteiger partial charge in [0, 0.05) is 22.2 Å². The van der Waals surface area contributed by atoms with Crippen LogP contribution in [0.15, 0.2) is 59.5 Å². The van der Waals surface area contributed by atoms with E-state index in [0.29, 0.717) is 0 Å². The molecule has 3 aromatic carbocycles. The molecule has 0 N–H and O–H groups in total. The van der Waals surface area contributed by atoms with Gasteiger partial charge in [0.05, 0.1) is 30.7 Å². The smallest absolute Gasteiger partial charge is 0.310 e. The molecule has 4 aromatic rings. The molecule has 0 fully saturated rings. The highest BCUT2D eigenvalue weighted by molar-refractivity contribution is 7.98. The summed E-state index contributed by atoms with van der Waals surface area (Å²) in [6, 6.07) is 18.8. The van der Waals surface area contributed by atoms with Crippen molar-refractivity contribution in [3.05, 3.63) is 71.3 Å². The predicted molar refractivity (Wildman–Crippen MR) is 133 cm³/mol. The summed E-state index contributed by atoms with van der Waals surface area (Å²) in [4.78, 5) is 13.6. The van der Waals surface area contributed by atoms with Crippen LogP contribution in [0.3, 0.4) is 0 Å². The van der Waals surface area contributed by atoms with Crippen molar-refractivity contribution in [2.75, 3.05) is 13.4 Å². The second-order valence-electron chi connectivity index (χ2n) is 8.25. The van der Waals surface area contributed by atoms with Crippen LogP contribution >= 0.6 is 11.8 Å². The van der Waals surface area contributed by atoms with E-state index >= 15 is 0 Å².